The maximum absolute atomic E-state index is 8.70. The minimum Gasteiger partial charge on any atom is -0.396 e. The van der Waals surface area contributed by atoms with Gasteiger partial charge in [-0.15, -0.1) is 7.92 Å². The molecule has 0 heterocycles. The molecule has 0 aromatic carbocycles. The quantitative estimate of drug-likeness (QED) is 0.576. The van der Waals surface area contributed by atoms with Crippen molar-refractivity contribution in [3.8, 4) is 0 Å². The van der Waals surface area contributed by atoms with Crippen molar-refractivity contribution in [3.63, 3.8) is 0 Å². The maximum Gasteiger partial charge on any atom is 0.0470 e. The van der Waals surface area contributed by atoms with Gasteiger partial charge in [-0.25, -0.2) is 0 Å². The summed E-state index contributed by atoms with van der Waals surface area (Å²) in [5, 5.41) is 17.4. The molecule has 2 nitrogen and oxygen atoms in total. The van der Waals surface area contributed by atoms with Gasteiger partial charge in [-0.1, -0.05) is 13.3 Å². The van der Waals surface area contributed by atoms with Crippen LogP contribution in [0.25, 0.3) is 0 Å². The van der Waals surface area contributed by atoms with Crippen LogP contribution < -0.4 is 0 Å². The van der Waals surface area contributed by atoms with E-state index in [0.717, 1.165) is 12.3 Å². The molecule has 0 amide bonds. The Kier molecular flexibility index (Phi) is 8.72. The highest BCUT2D eigenvalue weighted by molar-refractivity contribution is 7.57. The fourth-order valence-corrected chi connectivity index (χ4v) is 3.00. The minimum absolute atomic E-state index is 0.0667. The second-order valence-corrected chi connectivity index (χ2v) is 5.33. The standard InChI is InChI=1S/C8H19O2P/c1-2-3-6-11(7-4-9)8-5-10/h9-10H,2-8H2,1H3. The van der Waals surface area contributed by atoms with Gasteiger partial charge in [0.2, 0.25) is 0 Å². The number of aliphatic hydroxyl groups is 2. The average Bonchev–Trinajstić information content (AvgIpc) is 2.01. The van der Waals surface area contributed by atoms with Gasteiger partial charge >= 0.3 is 0 Å². The average molecular weight is 178 g/mol. The van der Waals surface area contributed by atoms with E-state index in [1.807, 2.05) is 0 Å². The molecule has 0 fully saturated rings. The fraction of sp³-hybridized carbons (Fsp3) is 1.00. The van der Waals surface area contributed by atoms with Gasteiger partial charge in [0.25, 0.3) is 0 Å². The number of hydrogen-bond donors (Lipinski definition) is 2. The lowest BCUT2D eigenvalue weighted by Crippen LogP contribution is -2.01. The van der Waals surface area contributed by atoms with E-state index in [1.54, 1.807) is 0 Å². The van der Waals surface area contributed by atoms with Gasteiger partial charge in [0.05, 0.1) is 0 Å². The first-order valence-electron chi connectivity index (χ1n) is 4.29. The first-order valence-corrected chi connectivity index (χ1v) is 6.19. The Morgan fingerprint density at radius 1 is 1.00 bits per heavy atom. The van der Waals surface area contributed by atoms with Crippen molar-refractivity contribution in [3.05, 3.63) is 0 Å². The third-order valence-corrected chi connectivity index (χ3v) is 4.27. The molecule has 0 spiro atoms. The SMILES string of the molecule is CCCCP(CCO)CCO. The molecule has 0 aromatic rings. The summed E-state index contributed by atoms with van der Waals surface area (Å²) >= 11 is 0. The third kappa shape index (κ3) is 6.74. The van der Waals surface area contributed by atoms with Gasteiger partial charge in [0.1, 0.15) is 0 Å². The number of hydrogen-bond acceptors (Lipinski definition) is 2. The Labute approximate surface area is 70.4 Å². The highest BCUT2D eigenvalue weighted by Crippen LogP contribution is 2.34. The van der Waals surface area contributed by atoms with E-state index < -0.39 is 0 Å². The minimum atomic E-state index is -0.0667. The highest BCUT2D eigenvalue weighted by Gasteiger charge is 2.04. The van der Waals surface area contributed by atoms with E-state index in [2.05, 4.69) is 6.92 Å². The molecule has 0 rings (SSSR count). The predicted octanol–water partition coefficient (Wildman–Crippen LogP) is 1.25. The van der Waals surface area contributed by atoms with Crippen molar-refractivity contribution >= 4 is 7.92 Å². The Morgan fingerprint density at radius 2 is 1.55 bits per heavy atom. The van der Waals surface area contributed by atoms with Crippen LogP contribution in [0.15, 0.2) is 0 Å². The second-order valence-electron chi connectivity index (χ2n) is 2.64. The summed E-state index contributed by atoms with van der Waals surface area (Å²) in [5.74, 6) is 0. The molecule has 0 saturated heterocycles. The van der Waals surface area contributed by atoms with Crippen LogP contribution in [0.3, 0.4) is 0 Å². The number of aliphatic hydroxyl groups excluding tert-OH is 2. The molecular weight excluding hydrogens is 159 g/mol. The zero-order valence-corrected chi connectivity index (χ0v) is 8.19. The first kappa shape index (κ1) is 11.4. The van der Waals surface area contributed by atoms with Crippen LogP contribution in [0.5, 0.6) is 0 Å². The number of rotatable bonds is 7. The highest BCUT2D eigenvalue weighted by atomic mass is 31.1. The summed E-state index contributed by atoms with van der Waals surface area (Å²) in [6.45, 7) is 2.75. The molecule has 68 valence electrons. The molecule has 0 aliphatic rings. The molecular formula is C8H19O2P. The summed E-state index contributed by atoms with van der Waals surface area (Å²) in [7, 11) is -0.0667. The summed E-state index contributed by atoms with van der Waals surface area (Å²) < 4.78 is 0. The Balaban J connectivity index is 3.34. The van der Waals surface area contributed by atoms with Gasteiger partial charge in [-0.05, 0) is 24.9 Å². The van der Waals surface area contributed by atoms with Crippen LogP contribution in [-0.2, 0) is 0 Å². The molecule has 0 aromatic heterocycles. The molecule has 2 N–H and O–H groups in total. The van der Waals surface area contributed by atoms with E-state index in [4.69, 9.17) is 10.2 Å². The summed E-state index contributed by atoms with van der Waals surface area (Å²) in [4.78, 5) is 0. The van der Waals surface area contributed by atoms with Gasteiger partial charge in [0, 0.05) is 13.2 Å². The Hall–Kier alpha value is 0.350. The summed E-state index contributed by atoms with van der Waals surface area (Å²) in [6.07, 6.45) is 5.50. The summed E-state index contributed by atoms with van der Waals surface area (Å²) in [6, 6.07) is 0. The lowest BCUT2D eigenvalue weighted by Gasteiger charge is -2.13. The van der Waals surface area contributed by atoms with Crippen LogP contribution in [0, 0.1) is 0 Å². The van der Waals surface area contributed by atoms with Crippen LogP contribution in [0.1, 0.15) is 19.8 Å². The van der Waals surface area contributed by atoms with Crippen LogP contribution in [0.2, 0.25) is 0 Å². The number of unbranched alkanes of at least 4 members (excludes halogenated alkanes) is 1. The second kappa shape index (κ2) is 8.45. The van der Waals surface area contributed by atoms with Crippen LogP contribution in [-0.4, -0.2) is 41.9 Å². The molecule has 0 aliphatic carbocycles. The zero-order valence-electron chi connectivity index (χ0n) is 7.29. The molecule has 0 bridgehead atoms. The molecule has 0 aliphatic heterocycles. The summed E-state index contributed by atoms with van der Waals surface area (Å²) in [5.41, 5.74) is 0. The molecule has 11 heavy (non-hydrogen) atoms. The van der Waals surface area contributed by atoms with Gasteiger partial charge < -0.3 is 10.2 Å². The van der Waals surface area contributed by atoms with Crippen LogP contribution in [0.4, 0.5) is 0 Å². The molecule has 0 atom stereocenters. The zero-order chi connectivity index (χ0) is 8.53. The van der Waals surface area contributed by atoms with Crippen molar-refractivity contribution in [2.45, 2.75) is 19.8 Å². The van der Waals surface area contributed by atoms with Crippen molar-refractivity contribution in [2.75, 3.05) is 31.7 Å². The van der Waals surface area contributed by atoms with E-state index >= 15 is 0 Å². The largest absolute Gasteiger partial charge is 0.396 e. The lowest BCUT2D eigenvalue weighted by molar-refractivity contribution is 0.315. The van der Waals surface area contributed by atoms with E-state index in [0.29, 0.717) is 0 Å². The normalized spacial score (nSPS) is 10.9. The molecule has 0 radical (unpaired) electrons. The van der Waals surface area contributed by atoms with Crippen molar-refractivity contribution < 1.29 is 10.2 Å². The van der Waals surface area contributed by atoms with E-state index in [9.17, 15) is 0 Å². The molecule has 3 heteroatoms. The fourth-order valence-electron chi connectivity index (χ4n) is 1.000. The van der Waals surface area contributed by atoms with E-state index in [1.165, 1.54) is 19.0 Å². The Morgan fingerprint density at radius 3 is 1.91 bits per heavy atom. The molecule has 0 saturated carbocycles. The topological polar surface area (TPSA) is 40.5 Å². The van der Waals surface area contributed by atoms with Crippen LogP contribution >= 0.6 is 7.92 Å². The molecule has 0 unspecified atom stereocenters. The van der Waals surface area contributed by atoms with Gasteiger partial charge in [-0.2, -0.15) is 0 Å². The monoisotopic (exact) mass is 178 g/mol. The lowest BCUT2D eigenvalue weighted by atomic mass is 10.4. The van der Waals surface area contributed by atoms with Crippen molar-refractivity contribution in [1.29, 1.82) is 0 Å². The van der Waals surface area contributed by atoms with Gasteiger partial charge in [-0.3, -0.25) is 0 Å². The smallest absolute Gasteiger partial charge is 0.0470 e. The maximum atomic E-state index is 8.70. The Bertz CT molecular complexity index is 72.5. The van der Waals surface area contributed by atoms with E-state index in [-0.39, 0.29) is 21.1 Å². The van der Waals surface area contributed by atoms with Crippen molar-refractivity contribution in [1.82, 2.24) is 0 Å². The first-order chi connectivity index (χ1) is 5.35. The van der Waals surface area contributed by atoms with Gasteiger partial charge in [0.15, 0.2) is 0 Å². The third-order valence-electron chi connectivity index (χ3n) is 1.66. The van der Waals surface area contributed by atoms with Crippen molar-refractivity contribution in [2.24, 2.45) is 0 Å². The predicted molar refractivity (Wildman–Crippen MR) is 50.6 cm³/mol.